The van der Waals surface area contributed by atoms with Crippen molar-refractivity contribution in [2.75, 3.05) is 18.5 Å². The van der Waals surface area contributed by atoms with Crippen molar-refractivity contribution in [3.63, 3.8) is 0 Å². The number of phosphoric ester groups is 1. The molecule has 0 bridgehead atoms. The average molecular weight is 506 g/mol. The van der Waals surface area contributed by atoms with Gasteiger partial charge in [0.25, 0.3) is 0 Å². The van der Waals surface area contributed by atoms with Crippen LogP contribution in [0, 0.1) is 0 Å². The molecule has 2 fully saturated rings. The van der Waals surface area contributed by atoms with Gasteiger partial charge in [-0.3, -0.25) is 14.4 Å². The Kier molecular flexibility index (Phi) is 6.51. The van der Waals surface area contributed by atoms with Gasteiger partial charge < -0.3 is 29.3 Å². The second-order valence-corrected chi connectivity index (χ2v) is 9.07. The van der Waals surface area contributed by atoms with Gasteiger partial charge in [0, 0.05) is 12.1 Å². The van der Waals surface area contributed by atoms with Crippen LogP contribution in [0.5, 0.6) is 0 Å². The average Bonchev–Trinajstić information content (AvgIpc) is 3.52. The van der Waals surface area contributed by atoms with Crippen LogP contribution in [-0.2, 0) is 23.3 Å². The summed E-state index contributed by atoms with van der Waals surface area (Å²) in [5.74, 6) is 0.210. The Morgan fingerprint density at radius 3 is 2.66 bits per heavy atom. The number of anilines is 1. The first kappa shape index (κ1) is 23.8. The predicted octanol–water partition coefficient (Wildman–Crippen LogP) is 1.46. The van der Waals surface area contributed by atoms with E-state index in [0.717, 1.165) is 5.56 Å². The highest BCUT2D eigenvalue weighted by Gasteiger charge is 2.54. The van der Waals surface area contributed by atoms with E-state index in [-0.39, 0.29) is 5.82 Å². The number of nitrogens with one attached hydrogen (secondary N) is 2. The number of phosphoric acid groups is 1. The number of nitrogens with zero attached hydrogens (tertiary/aromatic N) is 4. The van der Waals surface area contributed by atoms with Gasteiger partial charge in [0.2, 0.25) is 0 Å². The summed E-state index contributed by atoms with van der Waals surface area (Å²) in [5.41, 5.74) is 1.47. The molecular weight excluding hydrogens is 483 g/mol. The molecule has 5 rings (SSSR count). The SMILES string of the molecule is CCNC(=O)Nc1ncnc2c1ncn2[C@@H]1O[C@H](COP(=O)(O)O)C2O[C@H](c3ccccc3)O[C@@H]21. The molecule has 2 saturated heterocycles. The fourth-order valence-electron chi connectivity index (χ4n) is 4.07. The molecule has 0 aliphatic carbocycles. The molecule has 0 saturated carbocycles. The normalized spacial score (nSPS) is 26.1. The van der Waals surface area contributed by atoms with Crippen molar-refractivity contribution in [3.05, 3.63) is 48.5 Å². The molecule has 2 aliphatic rings. The Labute approximate surface area is 198 Å². The number of benzene rings is 1. The van der Waals surface area contributed by atoms with Crippen molar-refractivity contribution in [1.82, 2.24) is 24.8 Å². The third-order valence-corrected chi connectivity index (χ3v) is 6.01. The molecule has 2 aromatic heterocycles. The van der Waals surface area contributed by atoms with Crippen LogP contribution < -0.4 is 10.6 Å². The summed E-state index contributed by atoms with van der Waals surface area (Å²) in [6, 6.07) is 8.83. The molecule has 4 N–H and O–H groups in total. The summed E-state index contributed by atoms with van der Waals surface area (Å²) >= 11 is 0. The number of ether oxygens (including phenoxy) is 3. The molecule has 4 heterocycles. The van der Waals surface area contributed by atoms with Gasteiger partial charge in [-0.25, -0.2) is 24.3 Å². The van der Waals surface area contributed by atoms with E-state index in [1.807, 2.05) is 30.3 Å². The lowest BCUT2D eigenvalue weighted by atomic mass is 10.1. The van der Waals surface area contributed by atoms with Gasteiger partial charge in [-0.2, -0.15) is 0 Å². The maximum Gasteiger partial charge on any atom is 0.469 e. The van der Waals surface area contributed by atoms with Crippen LogP contribution in [0.2, 0.25) is 0 Å². The van der Waals surface area contributed by atoms with Gasteiger partial charge in [0.05, 0.1) is 12.9 Å². The molecule has 1 aromatic carbocycles. The van der Waals surface area contributed by atoms with Gasteiger partial charge in [-0.15, -0.1) is 0 Å². The van der Waals surface area contributed by atoms with Gasteiger partial charge in [0.1, 0.15) is 24.6 Å². The lowest BCUT2D eigenvalue weighted by Crippen LogP contribution is -2.31. The molecular formula is C20H23N6O8P. The third-order valence-electron chi connectivity index (χ3n) is 5.53. The molecule has 3 aromatic rings. The zero-order valence-corrected chi connectivity index (χ0v) is 19.3. The number of urea groups is 1. The van der Waals surface area contributed by atoms with Crippen LogP contribution in [0.15, 0.2) is 43.0 Å². The Hall–Kier alpha value is -2.97. The first-order valence-corrected chi connectivity index (χ1v) is 12.3. The lowest BCUT2D eigenvalue weighted by molar-refractivity contribution is -0.152. The van der Waals surface area contributed by atoms with Gasteiger partial charge in [-0.1, -0.05) is 30.3 Å². The molecule has 14 nitrogen and oxygen atoms in total. The molecule has 15 heteroatoms. The second kappa shape index (κ2) is 9.59. The van der Waals surface area contributed by atoms with E-state index in [4.69, 9.17) is 28.5 Å². The summed E-state index contributed by atoms with van der Waals surface area (Å²) in [7, 11) is -4.74. The maximum atomic E-state index is 12.0. The quantitative estimate of drug-likeness (QED) is 0.341. The molecule has 1 unspecified atom stereocenters. The number of carbonyl (C=O) groups is 1. The minimum atomic E-state index is -4.74. The molecule has 0 spiro atoms. The van der Waals surface area contributed by atoms with Crippen molar-refractivity contribution >= 4 is 30.8 Å². The first-order valence-electron chi connectivity index (χ1n) is 10.8. The van der Waals surface area contributed by atoms with Gasteiger partial charge in [0.15, 0.2) is 29.5 Å². The number of hydrogen-bond acceptors (Lipinski definition) is 9. The van der Waals surface area contributed by atoms with Gasteiger partial charge >= 0.3 is 13.9 Å². The van der Waals surface area contributed by atoms with Crippen LogP contribution in [0.25, 0.3) is 11.2 Å². The minimum absolute atomic E-state index is 0.210. The van der Waals surface area contributed by atoms with Crippen LogP contribution in [0.3, 0.4) is 0 Å². The van der Waals surface area contributed by atoms with Gasteiger partial charge in [-0.05, 0) is 6.92 Å². The van der Waals surface area contributed by atoms with E-state index in [1.54, 1.807) is 11.5 Å². The van der Waals surface area contributed by atoms with Crippen molar-refractivity contribution < 1.29 is 37.9 Å². The highest BCUT2D eigenvalue weighted by molar-refractivity contribution is 7.46. The van der Waals surface area contributed by atoms with E-state index in [9.17, 15) is 9.36 Å². The highest BCUT2D eigenvalue weighted by Crippen LogP contribution is 2.46. The van der Waals surface area contributed by atoms with E-state index < -0.39 is 51.3 Å². The zero-order valence-electron chi connectivity index (χ0n) is 18.4. The second-order valence-electron chi connectivity index (χ2n) is 7.83. The Morgan fingerprint density at radius 1 is 1.14 bits per heavy atom. The maximum absolute atomic E-state index is 12.0. The standard InChI is InChI=1S/C20H23N6O8P/c1-2-21-20(27)25-16-13-17(23-9-22-16)26(10-24-13)18-15-14(12(32-18)8-31-35(28,29)30)33-19(34-15)11-6-4-3-5-7-11/h3-7,9-10,12,14-15,18-19H,2,8H2,1H3,(H2,28,29,30)(H2,21,22,23,25,27)/t12-,14?,15+,18-,19+/m1/s1. The zero-order chi connectivity index (χ0) is 24.6. The molecule has 5 atom stereocenters. The molecule has 2 aliphatic heterocycles. The number of amides is 2. The molecule has 35 heavy (non-hydrogen) atoms. The van der Waals surface area contributed by atoms with Crippen molar-refractivity contribution in [3.8, 4) is 0 Å². The summed E-state index contributed by atoms with van der Waals surface area (Å²) in [6.07, 6.45) is -0.983. The number of carbonyl (C=O) groups excluding carboxylic acids is 1. The smallest absolute Gasteiger partial charge is 0.347 e. The summed E-state index contributed by atoms with van der Waals surface area (Å²) in [5, 5.41) is 5.25. The van der Waals surface area contributed by atoms with Crippen LogP contribution in [0.4, 0.5) is 10.6 Å². The predicted molar refractivity (Wildman–Crippen MR) is 119 cm³/mol. The highest BCUT2D eigenvalue weighted by atomic mass is 31.2. The molecule has 2 amide bonds. The molecule has 0 radical (unpaired) electrons. The fourth-order valence-corrected chi connectivity index (χ4v) is 4.41. The van der Waals surface area contributed by atoms with Crippen LogP contribution >= 0.6 is 7.82 Å². The van der Waals surface area contributed by atoms with E-state index >= 15 is 0 Å². The minimum Gasteiger partial charge on any atom is -0.347 e. The van der Waals surface area contributed by atoms with Crippen molar-refractivity contribution in [2.45, 2.75) is 37.8 Å². The number of rotatable bonds is 7. The Morgan fingerprint density at radius 2 is 1.91 bits per heavy atom. The van der Waals surface area contributed by atoms with Crippen molar-refractivity contribution in [1.29, 1.82) is 0 Å². The lowest BCUT2D eigenvalue weighted by Gasteiger charge is -2.21. The number of hydrogen-bond donors (Lipinski definition) is 4. The molecule has 186 valence electrons. The van der Waals surface area contributed by atoms with Crippen molar-refractivity contribution in [2.24, 2.45) is 0 Å². The van der Waals surface area contributed by atoms with E-state index in [1.165, 1.54) is 12.7 Å². The Bertz CT molecular complexity index is 1250. The van der Waals surface area contributed by atoms with E-state index in [2.05, 4.69) is 25.6 Å². The largest absolute Gasteiger partial charge is 0.469 e. The van der Waals surface area contributed by atoms with Crippen LogP contribution in [0.1, 0.15) is 25.0 Å². The summed E-state index contributed by atoms with van der Waals surface area (Å²) in [6.45, 7) is 1.81. The fraction of sp³-hybridized carbons (Fsp3) is 0.400. The van der Waals surface area contributed by atoms with E-state index in [0.29, 0.717) is 17.7 Å². The number of fused-ring (bicyclic) bond motifs is 2. The van der Waals surface area contributed by atoms with Crippen LogP contribution in [-0.4, -0.2) is 66.8 Å². The monoisotopic (exact) mass is 506 g/mol. The first-order chi connectivity index (χ1) is 16.8. The topological polar surface area (TPSA) is 179 Å². The summed E-state index contributed by atoms with van der Waals surface area (Å²) < 4.78 is 35.9. The third kappa shape index (κ3) is 4.90. The number of aromatic nitrogens is 4. The summed E-state index contributed by atoms with van der Waals surface area (Å²) in [4.78, 5) is 43.0. The Balaban J connectivity index is 1.45. The number of imidazole rings is 1.